The fourth-order valence-corrected chi connectivity index (χ4v) is 3.75. The van der Waals surface area contributed by atoms with Crippen molar-refractivity contribution in [3.05, 3.63) is 94.6 Å². The molecule has 0 saturated carbocycles. The predicted octanol–water partition coefficient (Wildman–Crippen LogP) is 4.85. The smallest absolute Gasteiger partial charge is 0.329 e. The van der Waals surface area contributed by atoms with Crippen molar-refractivity contribution in [2.24, 2.45) is 0 Å². The number of ether oxygens (including phenoxy) is 2. The number of anilines is 1. The second kappa shape index (κ2) is 11.4. The Morgan fingerprint density at radius 2 is 1.81 bits per heavy atom. The van der Waals surface area contributed by atoms with Gasteiger partial charge in [0.1, 0.15) is 5.70 Å². The van der Waals surface area contributed by atoms with E-state index in [9.17, 15) is 14.4 Å². The topological polar surface area (TPSA) is 97.0 Å². The van der Waals surface area contributed by atoms with Crippen LogP contribution in [0.15, 0.2) is 78.5 Å². The molecule has 1 saturated heterocycles. The van der Waals surface area contributed by atoms with Gasteiger partial charge in [0.2, 0.25) is 0 Å². The van der Waals surface area contributed by atoms with Gasteiger partial charge in [-0.05, 0) is 54.5 Å². The quantitative estimate of drug-likeness (QED) is 0.320. The van der Waals surface area contributed by atoms with Crippen molar-refractivity contribution in [3.8, 4) is 11.5 Å². The van der Waals surface area contributed by atoms with Crippen LogP contribution in [0, 0.1) is 0 Å². The van der Waals surface area contributed by atoms with Crippen LogP contribution in [0.5, 0.6) is 11.5 Å². The minimum absolute atomic E-state index is 0.160. The van der Waals surface area contributed by atoms with Crippen LogP contribution in [0.4, 0.5) is 10.5 Å². The van der Waals surface area contributed by atoms with E-state index in [1.807, 2.05) is 37.3 Å². The molecule has 2 N–H and O–H groups in total. The van der Waals surface area contributed by atoms with Crippen molar-refractivity contribution in [3.63, 3.8) is 0 Å². The van der Waals surface area contributed by atoms with Gasteiger partial charge in [0.15, 0.2) is 18.1 Å². The summed E-state index contributed by atoms with van der Waals surface area (Å²) in [6.07, 6.45) is 1.57. The largest absolute Gasteiger partial charge is 0.490 e. The van der Waals surface area contributed by atoms with Crippen molar-refractivity contribution >= 4 is 41.2 Å². The molecule has 1 fully saturated rings. The Morgan fingerprint density at radius 3 is 2.56 bits per heavy atom. The number of nitrogens with one attached hydrogen (secondary N) is 2. The highest BCUT2D eigenvalue weighted by atomic mass is 35.5. The third-order valence-electron chi connectivity index (χ3n) is 5.19. The van der Waals surface area contributed by atoms with Gasteiger partial charge in [0.25, 0.3) is 11.8 Å². The van der Waals surface area contributed by atoms with Gasteiger partial charge in [-0.3, -0.25) is 14.5 Å². The molecule has 0 spiro atoms. The minimum Gasteiger partial charge on any atom is -0.490 e. The van der Waals surface area contributed by atoms with Gasteiger partial charge in [0, 0.05) is 10.7 Å². The number of benzene rings is 3. The number of nitrogens with zero attached hydrogens (tertiary/aromatic N) is 1. The number of amides is 4. The van der Waals surface area contributed by atoms with Crippen LogP contribution in [-0.2, 0) is 16.1 Å². The van der Waals surface area contributed by atoms with Crippen LogP contribution in [0.1, 0.15) is 18.1 Å². The number of urea groups is 1. The van der Waals surface area contributed by atoms with Crippen LogP contribution in [0.3, 0.4) is 0 Å². The van der Waals surface area contributed by atoms with E-state index >= 15 is 0 Å². The summed E-state index contributed by atoms with van der Waals surface area (Å²) in [5.74, 6) is -0.00319. The molecule has 8 nitrogen and oxygen atoms in total. The minimum atomic E-state index is -0.481. The molecule has 0 radical (unpaired) electrons. The van der Waals surface area contributed by atoms with E-state index in [4.69, 9.17) is 21.1 Å². The van der Waals surface area contributed by atoms with Crippen molar-refractivity contribution in [2.75, 3.05) is 18.5 Å². The number of rotatable bonds is 9. The molecule has 0 atom stereocenters. The first-order valence-electron chi connectivity index (χ1n) is 11.3. The molecule has 1 heterocycles. The van der Waals surface area contributed by atoms with E-state index in [0.717, 1.165) is 10.5 Å². The molecule has 0 bridgehead atoms. The number of carbonyl (C=O) groups excluding carboxylic acids is 3. The van der Waals surface area contributed by atoms with Gasteiger partial charge in [-0.1, -0.05) is 54.1 Å². The van der Waals surface area contributed by atoms with Crippen LogP contribution in [0.2, 0.25) is 5.02 Å². The molecule has 1 aliphatic heterocycles. The van der Waals surface area contributed by atoms with Gasteiger partial charge in [-0.2, -0.15) is 0 Å². The lowest BCUT2D eigenvalue weighted by atomic mass is 10.1. The molecule has 0 aliphatic carbocycles. The summed E-state index contributed by atoms with van der Waals surface area (Å²) >= 11 is 5.94. The fraction of sp³-hybridized carbons (Fsp3) is 0.148. The van der Waals surface area contributed by atoms with E-state index in [1.54, 1.807) is 48.5 Å². The number of carbonyl (C=O) groups is 3. The number of hydrogen-bond donors (Lipinski definition) is 2. The predicted molar refractivity (Wildman–Crippen MR) is 137 cm³/mol. The maximum Gasteiger partial charge on any atom is 0.329 e. The van der Waals surface area contributed by atoms with Crippen LogP contribution in [0.25, 0.3) is 6.08 Å². The van der Waals surface area contributed by atoms with E-state index in [2.05, 4.69) is 10.6 Å². The molecule has 0 unspecified atom stereocenters. The van der Waals surface area contributed by atoms with Gasteiger partial charge in [0.05, 0.1) is 13.2 Å². The Kier molecular flexibility index (Phi) is 7.87. The zero-order valence-electron chi connectivity index (χ0n) is 19.5. The summed E-state index contributed by atoms with van der Waals surface area (Å²) < 4.78 is 11.3. The molecule has 9 heteroatoms. The van der Waals surface area contributed by atoms with Gasteiger partial charge >= 0.3 is 6.03 Å². The maximum absolute atomic E-state index is 12.8. The Balaban J connectivity index is 1.44. The van der Waals surface area contributed by atoms with Gasteiger partial charge in [-0.15, -0.1) is 0 Å². The number of imide groups is 1. The number of halogens is 1. The van der Waals surface area contributed by atoms with Crippen molar-refractivity contribution in [1.29, 1.82) is 0 Å². The molecule has 36 heavy (non-hydrogen) atoms. The summed E-state index contributed by atoms with van der Waals surface area (Å²) in [4.78, 5) is 38.6. The van der Waals surface area contributed by atoms with Crippen molar-refractivity contribution in [1.82, 2.24) is 10.2 Å². The van der Waals surface area contributed by atoms with Gasteiger partial charge < -0.3 is 20.1 Å². The van der Waals surface area contributed by atoms with E-state index in [1.165, 1.54) is 0 Å². The Morgan fingerprint density at radius 1 is 1.00 bits per heavy atom. The maximum atomic E-state index is 12.8. The molecular formula is C27H24ClN3O5. The lowest BCUT2D eigenvalue weighted by Crippen LogP contribution is -2.30. The molecule has 0 aromatic heterocycles. The summed E-state index contributed by atoms with van der Waals surface area (Å²) in [7, 11) is 0. The highest BCUT2D eigenvalue weighted by molar-refractivity contribution is 6.30. The van der Waals surface area contributed by atoms with Crippen LogP contribution < -0.4 is 20.1 Å². The van der Waals surface area contributed by atoms with Gasteiger partial charge in [-0.25, -0.2) is 4.79 Å². The third-order valence-corrected chi connectivity index (χ3v) is 5.43. The Bertz CT molecular complexity index is 1310. The molecule has 4 rings (SSSR count). The zero-order chi connectivity index (χ0) is 25.5. The van der Waals surface area contributed by atoms with E-state index < -0.39 is 11.9 Å². The van der Waals surface area contributed by atoms with Crippen molar-refractivity contribution in [2.45, 2.75) is 13.5 Å². The first kappa shape index (κ1) is 24.8. The second-order valence-electron chi connectivity index (χ2n) is 7.85. The van der Waals surface area contributed by atoms with E-state index in [-0.39, 0.29) is 24.8 Å². The average Bonchev–Trinajstić information content (AvgIpc) is 3.11. The molecule has 3 aromatic rings. The SMILES string of the molecule is CCOc1cc(/C=C2/NC(=O)N(Cc3ccccc3)C2=O)ccc1OCC(=O)Nc1cccc(Cl)c1. The third kappa shape index (κ3) is 6.22. The Hall–Kier alpha value is -4.30. The molecule has 184 valence electrons. The van der Waals surface area contributed by atoms with Crippen molar-refractivity contribution < 1.29 is 23.9 Å². The standard InChI is InChI=1S/C27H24ClN3O5/c1-2-35-24-14-19(11-12-23(24)36-17-25(32)29-21-10-6-9-20(28)15-21)13-22-26(33)31(27(34)30-22)16-18-7-4-3-5-8-18/h3-15H,2,16-17H2,1H3,(H,29,32)(H,30,34)/b22-13+. The monoisotopic (exact) mass is 505 g/mol. The highest BCUT2D eigenvalue weighted by Crippen LogP contribution is 2.30. The first-order valence-corrected chi connectivity index (χ1v) is 11.6. The highest BCUT2D eigenvalue weighted by Gasteiger charge is 2.33. The molecule has 1 aliphatic rings. The van der Waals surface area contributed by atoms with Crippen LogP contribution >= 0.6 is 11.6 Å². The van der Waals surface area contributed by atoms with E-state index in [0.29, 0.717) is 34.4 Å². The molecule has 4 amide bonds. The second-order valence-corrected chi connectivity index (χ2v) is 8.29. The fourth-order valence-electron chi connectivity index (χ4n) is 3.56. The average molecular weight is 506 g/mol. The lowest BCUT2D eigenvalue weighted by Gasteiger charge is -2.13. The summed E-state index contributed by atoms with van der Waals surface area (Å²) in [6.45, 7) is 2.13. The summed E-state index contributed by atoms with van der Waals surface area (Å²) in [6, 6.07) is 20.6. The first-order chi connectivity index (χ1) is 17.4. The van der Waals surface area contributed by atoms with Crippen LogP contribution in [-0.4, -0.2) is 36.0 Å². The normalized spacial score (nSPS) is 14.1. The molecular weight excluding hydrogens is 482 g/mol. The zero-order valence-corrected chi connectivity index (χ0v) is 20.2. The number of hydrogen-bond acceptors (Lipinski definition) is 5. The lowest BCUT2D eigenvalue weighted by molar-refractivity contribution is -0.123. The Labute approximate surface area is 213 Å². The summed E-state index contributed by atoms with van der Waals surface area (Å²) in [5, 5.41) is 5.84. The summed E-state index contributed by atoms with van der Waals surface area (Å²) in [5.41, 5.74) is 2.20. The molecule has 3 aromatic carbocycles.